The van der Waals surface area contributed by atoms with Crippen molar-refractivity contribution in [1.82, 2.24) is 9.97 Å². The summed E-state index contributed by atoms with van der Waals surface area (Å²) in [5, 5.41) is 0. The number of halogens is 2. The van der Waals surface area contributed by atoms with Crippen LogP contribution >= 0.6 is 0 Å². The first-order chi connectivity index (χ1) is 8.20. The van der Waals surface area contributed by atoms with Gasteiger partial charge in [-0.2, -0.15) is 0 Å². The molecule has 1 aromatic heterocycles. The highest BCUT2D eigenvalue weighted by Crippen LogP contribution is 2.16. The minimum Gasteiger partial charge on any atom is -0.381 e. The minimum absolute atomic E-state index is 0.439. The molecule has 5 heteroatoms. The molecule has 0 saturated heterocycles. The lowest BCUT2D eigenvalue weighted by molar-refractivity contribution is 0.137. The van der Waals surface area contributed by atoms with Gasteiger partial charge in [0.1, 0.15) is 5.82 Å². The molecule has 2 rings (SSSR count). The average molecular weight is 240 g/mol. The van der Waals surface area contributed by atoms with Gasteiger partial charge in [0.25, 0.3) is 0 Å². The van der Waals surface area contributed by atoms with E-state index < -0.39 is 11.6 Å². The van der Waals surface area contributed by atoms with Crippen LogP contribution in [0.2, 0.25) is 0 Å². The van der Waals surface area contributed by atoms with Gasteiger partial charge in [-0.15, -0.1) is 0 Å². The summed E-state index contributed by atoms with van der Waals surface area (Å²) < 4.78 is 31.2. The molecule has 0 aliphatic heterocycles. The van der Waals surface area contributed by atoms with Crippen LogP contribution in [-0.2, 0) is 11.2 Å². The summed E-state index contributed by atoms with van der Waals surface area (Å²) in [6.45, 7) is 3.30. The molecule has 0 atom stereocenters. The number of H-pyrrole nitrogens is 1. The second-order valence-corrected chi connectivity index (χ2v) is 3.83. The molecule has 1 N–H and O–H groups in total. The predicted octanol–water partition coefficient (Wildman–Crippen LogP) is 2.81. The van der Waals surface area contributed by atoms with E-state index in [1.54, 1.807) is 0 Å². The molecule has 0 radical (unpaired) electrons. The van der Waals surface area contributed by atoms with Crippen LogP contribution in [0, 0.1) is 11.6 Å². The van der Waals surface area contributed by atoms with Gasteiger partial charge in [0.15, 0.2) is 11.6 Å². The second kappa shape index (κ2) is 5.23. The Morgan fingerprint density at radius 2 is 2.00 bits per heavy atom. The van der Waals surface area contributed by atoms with Gasteiger partial charge in [0.05, 0.1) is 17.6 Å². The summed E-state index contributed by atoms with van der Waals surface area (Å²) >= 11 is 0. The Morgan fingerprint density at radius 3 is 2.76 bits per heavy atom. The number of hydrogen-bond acceptors (Lipinski definition) is 2. The molecule has 2 aromatic rings. The Hall–Kier alpha value is -1.49. The summed E-state index contributed by atoms with van der Waals surface area (Å²) in [6.07, 6.45) is 1.58. The first-order valence-electron chi connectivity index (χ1n) is 5.62. The number of ether oxygens (including phenoxy) is 1. The zero-order valence-electron chi connectivity index (χ0n) is 9.59. The Morgan fingerprint density at radius 1 is 1.24 bits per heavy atom. The first kappa shape index (κ1) is 12.0. The van der Waals surface area contributed by atoms with E-state index in [9.17, 15) is 8.78 Å². The van der Waals surface area contributed by atoms with Crippen LogP contribution < -0.4 is 0 Å². The molecule has 3 nitrogen and oxygen atoms in total. The molecule has 1 aromatic carbocycles. The molecule has 17 heavy (non-hydrogen) atoms. The van der Waals surface area contributed by atoms with Crippen molar-refractivity contribution in [2.45, 2.75) is 19.8 Å². The van der Waals surface area contributed by atoms with Crippen molar-refractivity contribution in [2.24, 2.45) is 0 Å². The van der Waals surface area contributed by atoms with Crippen molar-refractivity contribution in [3.63, 3.8) is 0 Å². The molecular weight excluding hydrogens is 226 g/mol. The van der Waals surface area contributed by atoms with Crippen molar-refractivity contribution >= 4 is 11.0 Å². The number of imidazole rings is 1. The lowest BCUT2D eigenvalue weighted by Gasteiger charge is -1.98. The minimum atomic E-state index is -0.877. The second-order valence-electron chi connectivity index (χ2n) is 3.83. The van der Waals surface area contributed by atoms with E-state index in [2.05, 4.69) is 9.97 Å². The molecule has 92 valence electrons. The summed E-state index contributed by atoms with van der Waals surface area (Å²) in [6, 6.07) is 2.21. The zero-order valence-corrected chi connectivity index (χ0v) is 9.59. The lowest BCUT2D eigenvalue weighted by atomic mass is 10.3. The van der Waals surface area contributed by atoms with Crippen LogP contribution in [0.1, 0.15) is 19.2 Å². The Kier molecular flexibility index (Phi) is 3.68. The number of fused-ring (bicyclic) bond motifs is 1. The molecule has 0 aliphatic rings. The van der Waals surface area contributed by atoms with E-state index in [0.29, 0.717) is 36.5 Å². The highest BCUT2D eigenvalue weighted by atomic mass is 19.2. The number of aromatic nitrogens is 2. The third-order valence-electron chi connectivity index (χ3n) is 2.40. The fraction of sp³-hybridized carbons (Fsp3) is 0.417. The molecule has 0 fully saturated rings. The van der Waals surface area contributed by atoms with Gasteiger partial charge in [-0.3, -0.25) is 0 Å². The third-order valence-corrected chi connectivity index (χ3v) is 2.40. The summed E-state index contributed by atoms with van der Waals surface area (Å²) in [5.74, 6) is -1.06. The van der Waals surface area contributed by atoms with Crippen molar-refractivity contribution < 1.29 is 13.5 Å². The molecule has 0 spiro atoms. The number of nitrogens with one attached hydrogen (secondary N) is 1. The smallest absolute Gasteiger partial charge is 0.161 e. The van der Waals surface area contributed by atoms with Crippen LogP contribution in [0.15, 0.2) is 12.1 Å². The fourth-order valence-corrected chi connectivity index (χ4v) is 1.59. The maximum atomic E-state index is 13.0. The maximum absolute atomic E-state index is 13.0. The zero-order chi connectivity index (χ0) is 12.3. The van der Waals surface area contributed by atoms with E-state index in [0.717, 1.165) is 18.6 Å². The number of rotatable bonds is 5. The molecule has 0 saturated carbocycles. The number of hydrogen-bond donors (Lipinski definition) is 1. The Balaban J connectivity index is 2.09. The van der Waals surface area contributed by atoms with Crippen LogP contribution in [0.5, 0.6) is 0 Å². The molecule has 0 amide bonds. The van der Waals surface area contributed by atoms with Gasteiger partial charge in [0.2, 0.25) is 0 Å². The number of aromatic amines is 1. The Labute approximate surface area is 97.8 Å². The predicted molar refractivity (Wildman–Crippen MR) is 60.8 cm³/mol. The highest BCUT2D eigenvalue weighted by Gasteiger charge is 2.08. The molecule has 0 bridgehead atoms. The van der Waals surface area contributed by atoms with Gasteiger partial charge < -0.3 is 9.72 Å². The van der Waals surface area contributed by atoms with E-state index in [1.807, 2.05) is 6.92 Å². The van der Waals surface area contributed by atoms with Gasteiger partial charge in [-0.05, 0) is 6.42 Å². The van der Waals surface area contributed by atoms with Crippen molar-refractivity contribution in [2.75, 3.05) is 13.2 Å². The largest absolute Gasteiger partial charge is 0.381 e. The topological polar surface area (TPSA) is 37.9 Å². The SMILES string of the molecule is CCCOCCc1nc2cc(F)c(F)cc2[nH]1. The van der Waals surface area contributed by atoms with E-state index in [4.69, 9.17) is 4.74 Å². The number of benzene rings is 1. The van der Waals surface area contributed by atoms with Crippen molar-refractivity contribution in [1.29, 1.82) is 0 Å². The summed E-state index contributed by atoms with van der Waals surface area (Å²) in [5.41, 5.74) is 0.948. The first-order valence-corrected chi connectivity index (χ1v) is 5.62. The maximum Gasteiger partial charge on any atom is 0.161 e. The fourth-order valence-electron chi connectivity index (χ4n) is 1.59. The third kappa shape index (κ3) is 2.79. The number of nitrogens with zero attached hydrogens (tertiary/aromatic N) is 1. The van der Waals surface area contributed by atoms with Crippen molar-refractivity contribution in [3.8, 4) is 0 Å². The van der Waals surface area contributed by atoms with Gasteiger partial charge in [0, 0.05) is 25.2 Å². The monoisotopic (exact) mass is 240 g/mol. The Bertz CT molecular complexity index is 471. The van der Waals surface area contributed by atoms with E-state index in [-0.39, 0.29) is 0 Å². The van der Waals surface area contributed by atoms with Gasteiger partial charge in [-0.25, -0.2) is 13.8 Å². The highest BCUT2D eigenvalue weighted by molar-refractivity contribution is 5.75. The standard InChI is InChI=1S/C12H14F2N2O/c1-2-4-17-5-3-12-15-10-6-8(13)9(14)7-11(10)16-12/h6-7H,2-5H2,1H3,(H,15,16). The van der Waals surface area contributed by atoms with Crippen LogP contribution in [-0.4, -0.2) is 23.2 Å². The van der Waals surface area contributed by atoms with Gasteiger partial charge >= 0.3 is 0 Å². The summed E-state index contributed by atoms with van der Waals surface area (Å²) in [7, 11) is 0. The quantitative estimate of drug-likeness (QED) is 0.816. The molecule has 0 aliphatic carbocycles. The van der Waals surface area contributed by atoms with Crippen LogP contribution in [0.25, 0.3) is 11.0 Å². The summed E-state index contributed by atoms with van der Waals surface area (Å²) in [4.78, 5) is 7.11. The average Bonchev–Trinajstić information content (AvgIpc) is 2.67. The van der Waals surface area contributed by atoms with Crippen LogP contribution in [0.4, 0.5) is 8.78 Å². The van der Waals surface area contributed by atoms with E-state index in [1.165, 1.54) is 0 Å². The molecule has 0 unspecified atom stereocenters. The van der Waals surface area contributed by atoms with Crippen LogP contribution in [0.3, 0.4) is 0 Å². The molecular formula is C12H14F2N2O. The normalized spacial score (nSPS) is 11.2. The van der Waals surface area contributed by atoms with Gasteiger partial charge in [-0.1, -0.05) is 6.92 Å². The van der Waals surface area contributed by atoms with E-state index >= 15 is 0 Å². The lowest BCUT2D eigenvalue weighted by Crippen LogP contribution is -2.00. The van der Waals surface area contributed by atoms with Crippen molar-refractivity contribution in [3.05, 3.63) is 29.6 Å². The molecule has 1 heterocycles.